The van der Waals surface area contributed by atoms with E-state index >= 15 is 0 Å². The van der Waals surface area contributed by atoms with Crippen LogP contribution in [0.15, 0.2) is 42.6 Å². The number of carbonyl (C=O) groups excluding carboxylic acids is 2. The van der Waals surface area contributed by atoms with E-state index in [-0.39, 0.29) is 11.7 Å². The van der Waals surface area contributed by atoms with Crippen molar-refractivity contribution in [1.82, 2.24) is 9.88 Å². The van der Waals surface area contributed by atoms with Gasteiger partial charge in [-0.15, -0.1) is 0 Å². The van der Waals surface area contributed by atoms with E-state index < -0.39 is 17.7 Å². The molecule has 2 heterocycles. The molecule has 8 heteroatoms. The minimum Gasteiger partial charge on any atom is -0.444 e. The van der Waals surface area contributed by atoms with Crippen LogP contribution in [0.3, 0.4) is 0 Å². The highest BCUT2D eigenvalue weighted by molar-refractivity contribution is 5.96. The number of pyridine rings is 1. The van der Waals surface area contributed by atoms with E-state index in [2.05, 4.69) is 10.3 Å². The second-order valence-corrected chi connectivity index (χ2v) is 7.76. The summed E-state index contributed by atoms with van der Waals surface area (Å²) in [6.45, 7) is 5.85. The molecule has 29 heavy (non-hydrogen) atoms. The van der Waals surface area contributed by atoms with Crippen LogP contribution in [0, 0.1) is 5.82 Å². The molecule has 2 aromatic rings. The minimum absolute atomic E-state index is 0.289. The number of ether oxygens (including phenoxy) is 2. The van der Waals surface area contributed by atoms with Crippen LogP contribution in [0.1, 0.15) is 33.6 Å². The molecular weight excluding hydrogens is 377 g/mol. The lowest BCUT2D eigenvalue weighted by molar-refractivity contribution is -0.120. The average Bonchev–Trinajstić information content (AvgIpc) is 3.14. The molecule has 154 valence electrons. The number of carbonyl (C=O) groups is 2. The highest BCUT2D eigenvalue weighted by Crippen LogP contribution is 2.24. The number of nitrogens with one attached hydrogen (secondary N) is 1. The number of hydrogen-bond donors (Lipinski definition) is 1. The summed E-state index contributed by atoms with van der Waals surface area (Å²) in [4.78, 5) is 30.6. The molecule has 0 bridgehead atoms. The zero-order valence-electron chi connectivity index (χ0n) is 16.6. The predicted octanol–water partition coefficient (Wildman–Crippen LogP) is 4.35. The van der Waals surface area contributed by atoms with Gasteiger partial charge < -0.3 is 14.8 Å². The quantitative estimate of drug-likeness (QED) is 0.824. The van der Waals surface area contributed by atoms with E-state index in [9.17, 15) is 14.0 Å². The van der Waals surface area contributed by atoms with Crippen molar-refractivity contribution in [3.8, 4) is 11.6 Å². The molecule has 7 nitrogen and oxygen atoms in total. The van der Waals surface area contributed by atoms with Crippen molar-refractivity contribution in [2.45, 2.75) is 45.3 Å². The van der Waals surface area contributed by atoms with Crippen molar-refractivity contribution >= 4 is 17.7 Å². The summed E-state index contributed by atoms with van der Waals surface area (Å²) in [5, 5.41) is 2.77. The summed E-state index contributed by atoms with van der Waals surface area (Å²) in [6.07, 6.45) is 2.28. The van der Waals surface area contributed by atoms with Gasteiger partial charge in [0.1, 0.15) is 23.2 Å². The molecular formula is C21H24FN3O4. The van der Waals surface area contributed by atoms with Crippen LogP contribution < -0.4 is 10.1 Å². The first-order valence-corrected chi connectivity index (χ1v) is 9.41. The summed E-state index contributed by atoms with van der Waals surface area (Å²) in [5.74, 6) is 0.124. The van der Waals surface area contributed by atoms with E-state index in [4.69, 9.17) is 9.47 Å². The Balaban J connectivity index is 1.59. The smallest absolute Gasteiger partial charge is 0.410 e. The Morgan fingerprint density at radius 2 is 1.90 bits per heavy atom. The van der Waals surface area contributed by atoms with E-state index in [1.54, 1.807) is 32.9 Å². The fourth-order valence-electron chi connectivity index (χ4n) is 2.94. The Hall–Kier alpha value is -3.16. The Morgan fingerprint density at radius 3 is 2.52 bits per heavy atom. The largest absolute Gasteiger partial charge is 0.444 e. The van der Waals surface area contributed by atoms with Gasteiger partial charge in [0.2, 0.25) is 11.8 Å². The summed E-state index contributed by atoms with van der Waals surface area (Å²) < 4.78 is 23.9. The summed E-state index contributed by atoms with van der Waals surface area (Å²) in [5.41, 5.74) is -0.136. The number of benzene rings is 1. The first-order chi connectivity index (χ1) is 13.7. The molecule has 0 unspecified atom stereocenters. The lowest BCUT2D eigenvalue weighted by atomic mass is 10.2. The number of anilines is 1. The minimum atomic E-state index is -0.620. The molecule has 1 atom stereocenters. The van der Waals surface area contributed by atoms with Crippen molar-refractivity contribution in [2.75, 3.05) is 11.9 Å². The molecule has 0 aliphatic carbocycles. The number of hydrogen-bond acceptors (Lipinski definition) is 5. The Bertz CT molecular complexity index is 863. The number of likely N-dealkylation sites (tertiary alicyclic amines) is 1. The molecule has 0 spiro atoms. The fourth-order valence-corrected chi connectivity index (χ4v) is 2.94. The maximum atomic E-state index is 12.9. The third-order valence-corrected chi connectivity index (χ3v) is 4.22. The number of amides is 2. The molecule has 0 radical (unpaired) electrons. The molecule has 1 saturated heterocycles. The number of halogens is 1. The van der Waals surface area contributed by atoms with Gasteiger partial charge in [0.25, 0.3) is 0 Å². The SMILES string of the molecule is CC(C)(C)OC(=O)N1CCC[C@H]1C(=O)Nc1ccc(Oc2ccc(F)cc2)nc1. The van der Waals surface area contributed by atoms with Crippen molar-refractivity contribution in [1.29, 1.82) is 0 Å². The van der Waals surface area contributed by atoms with E-state index in [0.717, 1.165) is 6.42 Å². The van der Waals surface area contributed by atoms with Gasteiger partial charge in [0.15, 0.2) is 0 Å². The third-order valence-electron chi connectivity index (χ3n) is 4.22. The fraction of sp³-hybridized carbons (Fsp3) is 0.381. The van der Waals surface area contributed by atoms with Gasteiger partial charge in [0, 0.05) is 12.6 Å². The van der Waals surface area contributed by atoms with Crippen molar-refractivity contribution in [3.63, 3.8) is 0 Å². The zero-order chi connectivity index (χ0) is 21.0. The van der Waals surface area contributed by atoms with Crippen LogP contribution >= 0.6 is 0 Å². The molecule has 3 rings (SSSR count). The molecule has 1 aliphatic rings. The van der Waals surface area contributed by atoms with Crippen LogP contribution in [0.4, 0.5) is 14.9 Å². The summed E-state index contributed by atoms with van der Waals surface area (Å²) in [7, 11) is 0. The van der Waals surface area contributed by atoms with Gasteiger partial charge >= 0.3 is 6.09 Å². The topological polar surface area (TPSA) is 80.8 Å². The Kier molecular flexibility index (Phi) is 6.00. The molecule has 2 amide bonds. The highest BCUT2D eigenvalue weighted by atomic mass is 19.1. The average molecular weight is 401 g/mol. The van der Waals surface area contributed by atoms with Gasteiger partial charge in [-0.3, -0.25) is 9.69 Å². The van der Waals surface area contributed by atoms with Crippen LogP contribution in [-0.4, -0.2) is 40.1 Å². The summed E-state index contributed by atoms with van der Waals surface area (Å²) in [6, 6.07) is 8.25. The predicted molar refractivity (Wildman–Crippen MR) is 105 cm³/mol. The molecule has 1 N–H and O–H groups in total. The molecule has 1 aromatic heterocycles. The van der Waals surface area contributed by atoms with Crippen LogP contribution in [0.2, 0.25) is 0 Å². The molecule has 1 fully saturated rings. The van der Waals surface area contributed by atoms with Gasteiger partial charge in [-0.1, -0.05) is 0 Å². The van der Waals surface area contributed by atoms with Crippen molar-refractivity contribution < 1.29 is 23.5 Å². The van der Waals surface area contributed by atoms with E-state index in [1.807, 2.05) is 0 Å². The number of aromatic nitrogens is 1. The first kappa shape index (κ1) is 20.6. The van der Waals surface area contributed by atoms with Gasteiger partial charge in [0.05, 0.1) is 11.9 Å². The Labute approximate surface area is 168 Å². The van der Waals surface area contributed by atoms with Crippen LogP contribution in [0.5, 0.6) is 11.6 Å². The van der Waals surface area contributed by atoms with Gasteiger partial charge in [-0.05, 0) is 63.9 Å². The molecule has 0 saturated carbocycles. The lowest BCUT2D eigenvalue weighted by Gasteiger charge is -2.28. The third kappa shape index (κ3) is 5.66. The van der Waals surface area contributed by atoms with Gasteiger partial charge in [-0.2, -0.15) is 0 Å². The standard InChI is InChI=1S/C21H24FN3O4/c1-21(2,3)29-20(27)25-12-4-5-17(25)19(26)24-15-8-11-18(23-13-15)28-16-9-6-14(22)7-10-16/h6-11,13,17H,4-5,12H2,1-3H3,(H,24,26)/t17-/m0/s1. The second kappa shape index (κ2) is 8.46. The number of nitrogens with zero attached hydrogens (tertiary/aromatic N) is 2. The molecule has 1 aromatic carbocycles. The van der Waals surface area contributed by atoms with E-state index in [1.165, 1.54) is 35.4 Å². The summed E-state index contributed by atoms with van der Waals surface area (Å²) >= 11 is 0. The normalized spacial score (nSPS) is 16.4. The van der Waals surface area contributed by atoms with Crippen LogP contribution in [-0.2, 0) is 9.53 Å². The highest BCUT2D eigenvalue weighted by Gasteiger charge is 2.36. The van der Waals surface area contributed by atoms with Crippen molar-refractivity contribution in [2.24, 2.45) is 0 Å². The molecule has 1 aliphatic heterocycles. The second-order valence-electron chi connectivity index (χ2n) is 7.76. The van der Waals surface area contributed by atoms with Crippen LogP contribution in [0.25, 0.3) is 0 Å². The van der Waals surface area contributed by atoms with Gasteiger partial charge in [-0.25, -0.2) is 14.2 Å². The Morgan fingerprint density at radius 1 is 1.17 bits per heavy atom. The monoisotopic (exact) mass is 401 g/mol. The maximum absolute atomic E-state index is 12.9. The lowest BCUT2D eigenvalue weighted by Crippen LogP contribution is -2.45. The van der Waals surface area contributed by atoms with Crippen molar-refractivity contribution in [3.05, 3.63) is 48.4 Å². The number of rotatable bonds is 4. The maximum Gasteiger partial charge on any atom is 0.410 e. The first-order valence-electron chi connectivity index (χ1n) is 9.41. The zero-order valence-corrected chi connectivity index (χ0v) is 16.6. The van der Waals surface area contributed by atoms with E-state index in [0.29, 0.717) is 30.3 Å².